The first kappa shape index (κ1) is 23.3. The molecule has 4 amide bonds. The van der Waals surface area contributed by atoms with Gasteiger partial charge < -0.3 is 5.32 Å². The van der Waals surface area contributed by atoms with E-state index in [4.69, 9.17) is 0 Å². The fourth-order valence-electron chi connectivity index (χ4n) is 3.24. The first-order valence-corrected chi connectivity index (χ1v) is 12.0. The van der Waals surface area contributed by atoms with Crippen molar-refractivity contribution in [3.8, 4) is 0 Å². The number of thioether (sulfide) groups is 1. The minimum atomic E-state index is -1.03. The SMILES string of the molecule is CCCCn1c(SCC(=O)NN2C(=O)N[C@](C)(CC)C2=O)nc2sc(C)c(C)c2c1=O. The van der Waals surface area contributed by atoms with Crippen LogP contribution in [0.4, 0.5) is 4.79 Å². The Bertz CT molecular complexity index is 1110. The molecule has 3 heterocycles. The van der Waals surface area contributed by atoms with Crippen LogP contribution in [0.5, 0.6) is 0 Å². The second-order valence-electron chi connectivity index (χ2n) is 7.75. The lowest BCUT2D eigenvalue weighted by Gasteiger charge is -2.19. The lowest BCUT2D eigenvalue weighted by atomic mass is 10.00. The van der Waals surface area contributed by atoms with E-state index in [1.165, 1.54) is 11.3 Å². The molecule has 1 aliphatic rings. The number of nitrogens with zero attached hydrogens (tertiary/aromatic N) is 3. The van der Waals surface area contributed by atoms with Gasteiger partial charge in [0.25, 0.3) is 11.5 Å². The molecule has 1 aliphatic heterocycles. The Morgan fingerprint density at radius 3 is 2.58 bits per heavy atom. The Balaban J connectivity index is 1.80. The number of unbranched alkanes of at least 4 members (excludes halogenated alkanes) is 1. The summed E-state index contributed by atoms with van der Waals surface area (Å²) in [5, 5.41) is 4.39. The van der Waals surface area contributed by atoms with E-state index in [9.17, 15) is 19.2 Å². The topological polar surface area (TPSA) is 113 Å². The standard InChI is InChI=1S/C20H27N5O4S2/c1-6-8-9-24-16(27)14-11(3)12(4)31-15(14)21-19(24)30-10-13(26)23-25-17(28)20(5,7-2)22-18(25)29/h6-10H2,1-5H3,(H,22,29)(H,23,26)/t20-/m1/s1. The van der Waals surface area contributed by atoms with Crippen LogP contribution in [0.1, 0.15) is 50.5 Å². The highest BCUT2D eigenvalue weighted by Crippen LogP contribution is 2.28. The number of urea groups is 1. The normalized spacial score (nSPS) is 18.7. The van der Waals surface area contributed by atoms with Gasteiger partial charge in [-0.15, -0.1) is 11.3 Å². The van der Waals surface area contributed by atoms with Crippen molar-refractivity contribution in [3.63, 3.8) is 0 Å². The van der Waals surface area contributed by atoms with Crippen molar-refractivity contribution >= 4 is 51.2 Å². The van der Waals surface area contributed by atoms with Crippen LogP contribution in [0.15, 0.2) is 9.95 Å². The molecule has 0 saturated carbocycles. The van der Waals surface area contributed by atoms with Crippen molar-refractivity contribution < 1.29 is 14.4 Å². The molecular formula is C20H27N5O4S2. The van der Waals surface area contributed by atoms with E-state index in [2.05, 4.69) is 15.7 Å². The van der Waals surface area contributed by atoms with Gasteiger partial charge >= 0.3 is 6.03 Å². The number of amides is 4. The molecule has 0 radical (unpaired) electrons. The third-order valence-electron chi connectivity index (χ3n) is 5.53. The maximum Gasteiger partial charge on any atom is 0.344 e. The van der Waals surface area contributed by atoms with Gasteiger partial charge in [0.2, 0.25) is 5.91 Å². The Kier molecular flexibility index (Phi) is 6.75. The van der Waals surface area contributed by atoms with E-state index < -0.39 is 23.4 Å². The van der Waals surface area contributed by atoms with E-state index in [0.717, 1.165) is 40.1 Å². The van der Waals surface area contributed by atoms with Gasteiger partial charge in [0.05, 0.1) is 11.1 Å². The maximum atomic E-state index is 13.1. The van der Waals surface area contributed by atoms with Crippen molar-refractivity contribution in [2.24, 2.45) is 0 Å². The third-order valence-corrected chi connectivity index (χ3v) is 7.60. The highest BCUT2D eigenvalue weighted by molar-refractivity contribution is 7.99. The predicted molar refractivity (Wildman–Crippen MR) is 121 cm³/mol. The Morgan fingerprint density at radius 2 is 1.97 bits per heavy atom. The molecule has 3 rings (SSSR count). The number of nitrogens with one attached hydrogen (secondary N) is 2. The van der Waals surface area contributed by atoms with E-state index >= 15 is 0 Å². The lowest BCUT2D eigenvalue weighted by molar-refractivity contribution is -0.137. The van der Waals surface area contributed by atoms with Crippen LogP contribution in [0.2, 0.25) is 0 Å². The summed E-state index contributed by atoms with van der Waals surface area (Å²) in [4.78, 5) is 56.5. The van der Waals surface area contributed by atoms with Gasteiger partial charge in [0.15, 0.2) is 5.16 Å². The molecule has 0 spiro atoms. The summed E-state index contributed by atoms with van der Waals surface area (Å²) >= 11 is 2.58. The second-order valence-corrected chi connectivity index (χ2v) is 9.89. The number of hydrazine groups is 1. The molecule has 2 N–H and O–H groups in total. The molecular weight excluding hydrogens is 438 g/mol. The minimum Gasteiger partial charge on any atom is -0.322 e. The van der Waals surface area contributed by atoms with Crippen LogP contribution < -0.4 is 16.3 Å². The van der Waals surface area contributed by atoms with Crippen LogP contribution in [0.3, 0.4) is 0 Å². The molecule has 31 heavy (non-hydrogen) atoms. The molecule has 9 nitrogen and oxygen atoms in total. The summed E-state index contributed by atoms with van der Waals surface area (Å²) < 4.78 is 1.62. The summed E-state index contributed by atoms with van der Waals surface area (Å²) in [7, 11) is 0. The van der Waals surface area contributed by atoms with Gasteiger partial charge in [-0.05, 0) is 39.2 Å². The third kappa shape index (κ3) is 4.33. The summed E-state index contributed by atoms with van der Waals surface area (Å²) in [5.41, 5.74) is 2.18. The summed E-state index contributed by atoms with van der Waals surface area (Å²) in [6, 6.07) is -0.656. The molecule has 0 aromatic carbocycles. The number of thiophene rings is 1. The van der Waals surface area contributed by atoms with Crippen LogP contribution >= 0.6 is 23.1 Å². The van der Waals surface area contributed by atoms with Gasteiger partial charge in [-0.1, -0.05) is 32.0 Å². The number of aryl methyl sites for hydroxylation is 2. The van der Waals surface area contributed by atoms with Crippen molar-refractivity contribution in [2.45, 2.75) is 71.1 Å². The number of rotatable bonds is 8. The number of imide groups is 1. The number of aromatic nitrogens is 2. The molecule has 0 aliphatic carbocycles. The van der Waals surface area contributed by atoms with Crippen LogP contribution in [-0.4, -0.2) is 43.7 Å². The molecule has 0 unspecified atom stereocenters. The molecule has 2 aromatic rings. The molecule has 11 heteroatoms. The van der Waals surface area contributed by atoms with Gasteiger partial charge in [-0.25, -0.2) is 9.78 Å². The Hall–Kier alpha value is -2.40. The monoisotopic (exact) mass is 465 g/mol. The highest BCUT2D eigenvalue weighted by Gasteiger charge is 2.47. The number of fused-ring (bicyclic) bond motifs is 1. The first-order chi connectivity index (χ1) is 14.6. The molecule has 0 bridgehead atoms. The van der Waals surface area contributed by atoms with Crippen molar-refractivity contribution in [1.82, 2.24) is 25.3 Å². The zero-order chi connectivity index (χ0) is 22.9. The van der Waals surface area contributed by atoms with Crippen LogP contribution in [0, 0.1) is 13.8 Å². The Morgan fingerprint density at radius 1 is 1.26 bits per heavy atom. The number of hydrogen-bond acceptors (Lipinski definition) is 7. The van der Waals surface area contributed by atoms with Crippen LogP contribution in [-0.2, 0) is 16.1 Å². The lowest BCUT2D eigenvalue weighted by Crippen LogP contribution is -2.49. The predicted octanol–water partition coefficient (Wildman–Crippen LogP) is 2.72. The van der Waals surface area contributed by atoms with Crippen molar-refractivity contribution in [3.05, 3.63) is 20.8 Å². The van der Waals surface area contributed by atoms with Gasteiger partial charge in [0, 0.05) is 11.4 Å². The highest BCUT2D eigenvalue weighted by atomic mass is 32.2. The minimum absolute atomic E-state index is 0.0900. The summed E-state index contributed by atoms with van der Waals surface area (Å²) in [6.07, 6.45) is 2.14. The van der Waals surface area contributed by atoms with Crippen molar-refractivity contribution in [1.29, 1.82) is 0 Å². The van der Waals surface area contributed by atoms with E-state index in [1.807, 2.05) is 20.8 Å². The average Bonchev–Trinajstić information content (AvgIpc) is 3.13. The van der Waals surface area contributed by atoms with E-state index in [0.29, 0.717) is 28.3 Å². The van der Waals surface area contributed by atoms with Gasteiger partial charge in [-0.2, -0.15) is 5.01 Å². The summed E-state index contributed by atoms with van der Waals surface area (Å²) in [5.74, 6) is -1.11. The fraction of sp³-hybridized carbons (Fsp3) is 0.550. The second kappa shape index (κ2) is 8.99. The van der Waals surface area contributed by atoms with Gasteiger partial charge in [0.1, 0.15) is 10.4 Å². The molecule has 168 valence electrons. The average molecular weight is 466 g/mol. The van der Waals surface area contributed by atoms with E-state index in [-0.39, 0.29) is 11.3 Å². The number of hydrogen-bond donors (Lipinski definition) is 2. The number of carbonyl (C=O) groups excluding carboxylic acids is 3. The molecule has 1 fully saturated rings. The zero-order valence-corrected chi connectivity index (χ0v) is 20.0. The zero-order valence-electron chi connectivity index (χ0n) is 18.3. The quantitative estimate of drug-likeness (QED) is 0.352. The largest absolute Gasteiger partial charge is 0.344 e. The molecule has 1 atom stereocenters. The smallest absolute Gasteiger partial charge is 0.322 e. The van der Waals surface area contributed by atoms with Crippen LogP contribution in [0.25, 0.3) is 10.2 Å². The van der Waals surface area contributed by atoms with Gasteiger partial charge in [-0.3, -0.25) is 24.4 Å². The Labute approximate surface area is 188 Å². The summed E-state index contributed by atoms with van der Waals surface area (Å²) in [6.45, 7) is 9.83. The first-order valence-electron chi connectivity index (χ1n) is 10.2. The number of carbonyl (C=O) groups is 3. The van der Waals surface area contributed by atoms with E-state index in [1.54, 1.807) is 18.4 Å². The molecule has 1 saturated heterocycles. The molecule has 2 aromatic heterocycles. The maximum absolute atomic E-state index is 13.1. The fourth-order valence-corrected chi connectivity index (χ4v) is 5.13. The van der Waals surface area contributed by atoms with Crippen molar-refractivity contribution in [2.75, 3.05) is 5.75 Å².